The third-order valence-corrected chi connectivity index (χ3v) is 1.70. The molecule has 0 aromatic heterocycles. The molecule has 0 atom stereocenters. The molecule has 76 valence electrons. The lowest BCUT2D eigenvalue weighted by atomic mass is 10.2. The summed E-state index contributed by atoms with van der Waals surface area (Å²) in [6.45, 7) is 3.30. The van der Waals surface area contributed by atoms with Crippen molar-refractivity contribution in [1.82, 2.24) is 5.32 Å². The van der Waals surface area contributed by atoms with Gasteiger partial charge in [0, 0.05) is 0 Å². The Hall–Kier alpha value is -2.16. The van der Waals surface area contributed by atoms with Crippen LogP contribution in [0.1, 0.15) is 5.56 Å². The molecule has 1 aromatic rings. The van der Waals surface area contributed by atoms with E-state index in [0.29, 0.717) is 6.29 Å². The first-order chi connectivity index (χ1) is 7.26. The zero-order valence-corrected chi connectivity index (χ0v) is 8.14. The summed E-state index contributed by atoms with van der Waals surface area (Å²) >= 11 is 0. The van der Waals surface area contributed by atoms with Gasteiger partial charge in [-0.1, -0.05) is 36.9 Å². The van der Waals surface area contributed by atoms with Crippen molar-refractivity contribution in [2.75, 3.05) is 0 Å². The summed E-state index contributed by atoms with van der Waals surface area (Å²) in [4.78, 5) is 21.6. The van der Waals surface area contributed by atoms with Crippen LogP contribution in [0, 0.1) is 0 Å². The highest BCUT2D eigenvalue weighted by atomic mass is 16.2. The quantitative estimate of drug-likeness (QED) is 0.593. The number of benzene rings is 1. The van der Waals surface area contributed by atoms with Gasteiger partial charge in [-0.05, 0) is 17.7 Å². The van der Waals surface area contributed by atoms with E-state index in [-0.39, 0.29) is 5.70 Å². The van der Waals surface area contributed by atoms with Gasteiger partial charge in [0.1, 0.15) is 0 Å². The molecule has 0 heterocycles. The Morgan fingerprint density at radius 3 is 2.47 bits per heavy atom. The van der Waals surface area contributed by atoms with Crippen molar-refractivity contribution in [3.8, 4) is 0 Å². The van der Waals surface area contributed by atoms with Crippen LogP contribution in [0.4, 0.5) is 0 Å². The van der Waals surface area contributed by atoms with E-state index in [1.54, 1.807) is 6.08 Å². The summed E-state index contributed by atoms with van der Waals surface area (Å²) in [6, 6.07) is 9.25. The number of rotatable bonds is 4. The van der Waals surface area contributed by atoms with E-state index in [1.165, 1.54) is 0 Å². The SMILES string of the molecule is C=CC(=O)NC(C=O)=Cc1ccccc1. The zero-order valence-electron chi connectivity index (χ0n) is 8.14. The second-order valence-corrected chi connectivity index (χ2v) is 2.82. The molecule has 1 amide bonds. The number of hydrogen-bond donors (Lipinski definition) is 1. The van der Waals surface area contributed by atoms with Crippen molar-refractivity contribution in [3.05, 3.63) is 54.2 Å². The maximum Gasteiger partial charge on any atom is 0.247 e. The van der Waals surface area contributed by atoms with Crippen LogP contribution in [0.2, 0.25) is 0 Å². The molecule has 0 saturated carbocycles. The van der Waals surface area contributed by atoms with E-state index in [1.807, 2.05) is 30.3 Å². The van der Waals surface area contributed by atoms with E-state index in [9.17, 15) is 9.59 Å². The minimum Gasteiger partial charge on any atom is -0.320 e. The van der Waals surface area contributed by atoms with Crippen LogP contribution in [0.25, 0.3) is 6.08 Å². The first-order valence-corrected chi connectivity index (χ1v) is 4.41. The minimum atomic E-state index is -0.399. The van der Waals surface area contributed by atoms with Crippen molar-refractivity contribution >= 4 is 18.3 Å². The van der Waals surface area contributed by atoms with Crippen LogP contribution in [-0.2, 0) is 9.59 Å². The fourth-order valence-corrected chi connectivity index (χ4v) is 1.02. The Balaban J connectivity index is 2.83. The van der Waals surface area contributed by atoms with E-state index >= 15 is 0 Å². The summed E-state index contributed by atoms with van der Waals surface area (Å²) in [5.74, 6) is -0.399. The smallest absolute Gasteiger partial charge is 0.247 e. The van der Waals surface area contributed by atoms with E-state index < -0.39 is 5.91 Å². The van der Waals surface area contributed by atoms with Gasteiger partial charge in [0.25, 0.3) is 0 Å². The number of hydrogen-bond acceptors (Lipinski definition) is 2. The Morgan fingerprint density at radius 2 is 1.93 bits per heavy atom. The minimum absolute atomic E-state index is 0.214. The predicted octanol–water partition coefficient (Wildman–Crippen LogP) is 1.53. The summed E-state index contributed by atoms with van der Waals surface area (Å²) in [7, 11) is 0. The Kier molecular flexibility index (Phi) is 4.04. The van der Waals surface area contributed by atoms with E-state index in [4.69, 9.17) is 0 Å². The summed E-state index contributed by atoms with van der Waals surface area (Å²) in [5.41, 5.74) is 1.06. The fourth-order valence-electron chi connectivity index (χ4n) is 1.02. The highest BCUT2D eigenvalue weighted by Crippen LogP contribution is 2.03. The molecule has 1 N–H and O–H groups in total. The Morgan fingerprint density at radius 1 is 1.27 bits per heavy atom. The van der Waals surface area contributed by atoms with Crippen LogP contribution in [0.3, 0.4) is 0 Å². The number of aldehydes is 1. The molecule has 15 heavy (non-hydrogen) atoms. The van der Waals surface area contributed by atoms with Crippen molar-refractivity contribution in [1.29, 1.82) is 0 Å². The maximum absolute atomic E-state index is 10.9. The lowest BCUT2D eigenvalue weighted by Gasteiger charge is -2.00. The molecule has 0 aliphatic carbocycles. The second-order valence-electron chi connectivity index (χ2n) is 2.82. The molecule has 0 radical (unpaired) electrons. The Bertz CT molecular complexity index is 393. The van der Waals surface area contributed by atoms with Crippen molar-refractivity contribution < 1.29 is 9.59 Å². The molecule has 0 bridgehead atoms. The van der Waals surface area contributed by atoms with Crippen LogP contribution in [0.15, 0.2) is 48.7 Å². The number of nitrogens with one attached hydrogen (secondary N) is 1. The molecule has 3 nitrogen and oxygen atoms in total. The first-order valence-electron chi connectivity index (χ1n) is 4.41. The van der Waals surface area contributed by atoms with Gasteiger partial charge in [0.2, 0.25) is 5.91 Å². The van der Waals surface area contributed by atoms with Crippen molar-refractivity contribution in [3.63, 3.8) is 0 Å². The van der Waals surface area contributed by atoms with Gasteiger partial charge < -0.3 is 5.32 Å². The van der Waals surface area contributed by atoms with Crippen LogP contribution < -0.4 is 5.32 Å². The average Bonchev–Trinajstić information content (AvgIpc) is 2.29. The van der Waals surface area contributed by atoms with Gasteiger partial charge in [-0.2, -0.15) is 0 Å². The number of carbonyl (C=O) groups is 2. The molecular weight excluding hydrogens is 190 g/mol. The van der Waals surface area contributed by atoms with Crippen molar-refractivity contribution in [2.45, 2.75) is 0 Å². The molecule has 1 rings (SSSR count). The van der Waals surface area contributed by atoms with Gasteiger partial charge in [-0.3, -0.25) is 9.59 Å². The fraction of sp³-hybridized carbons (Fsp3) is 0. The molecule has 0 saturated heterocycles. The molecule has 3 heteroatoms. The van der Waals surface area contributed by atoms with Gasteiger partial charge in [-0.15, -0.1) is 0 Å². The summed E-state index contributed by atoms with van der Waals surface area (Å²) in [6.07, 6.45) is 3.30. The van der Waals surface area contributed by atoms with Crippen LogP contribution >= 0.6 is 0 Å². The first kappa shape index (κ1) is 10.9. The highest BCUT2D eigenvalue weighted by Gasteiger charge is 1.98. The lowest BCUT2D eigenvalue weighted by Crippen LogP contribution is -2.20. The topological polar surface area (TPSA) is 46.2 Å². The Labute approximate surface area is 88.1 Å². The molecular formula is C12H11NO2. The van der Waals surface area contributed by atoms with Crippen LogP contribution in [0.5, 0.6) is 0 Å². The third kappa shape index (κ3) is 3.60. The van der Waals surface area contributed by atoms with Gasteiger partial charge in [0.15, 0.2) is 6.29 Å². The summed E-state index contributed by atoms with van der Waals surface area (Å²) < 4.78 is 0. The van der Waals surface area contributed by atoms with E-state index in [0.717, 1.165) is 11.6 Å². The maximum atomic E-state index is 10.9. The molecule has 0 aliphatic rings. The van der Waals surface area contributed by atoms with E-state index in [2.05, 4.69) is 11.9 Å². The molecule has 0 fully saturated rings. The molecule has 1 aromatic carbocycles. The second kappa shape index (κ2) is 5.54. The van der Waals surface area contributed by atoms with Gasteiger partial charge in [-0.25, -0.2) is 0 Å². The normalized spacial score (nSPS) is 10.5. The predicted molar refractivity (Wildman–Crippen MR) is 58.8 cm³/mol. The van der Waals surface area contributed by atoms with Crippen LogP contribution in [-0.4, -0.2) is 12.2 Å². The molecule has 0 spiro atoms. The summed E-state index contributed by atoms with van der Waals surface area (Å²) in [5, 5.41) is 2.40. The van der Waals surface area contributed by atoms with Gasteiger partial charge >= 0.3 is 0 Å². The van der Waals surface area contributed by atoms with Crippen molar-refractivity contribution in [2.24, 2.45) is 0 Å². The number of allylic oxidation sites excluding steroid dienone is 1. The largest absolute Gasteiger partial charge is 0.320 e. The number of carbonyl (C=O) groups excluding carboxylic acids is 2. The zero-order chi connectivity index (χ0) is 11.1. The average molecular weight is 201 g/mol. The monoisotopic (exact) mass is 201 g/mol. The highest BCUT2D eigenvalue weighted by molar-refractivity contribution is 5.95. The number of amides is 1. The third-order valence-electron chi connectivity index (χ3n) is 1.70. The molecule has 0 unspecified atom stereocenters. The molecule has 0 aliphatic heterocycles. The van der Waals surface area contributed by atoms with Gasteiger partial charge in [0.05, 0.1) is 5.70 Å². The lowest BCUT2D eigenvalue weighted by molar-refractivity contribution is -0.117. The standard InChI is InChI=1S/C12H11NO2/c1-2-12(15)13-11(9-14)8-10-6-4-3-5-7-10/h2-9H,1H2,(H,13,15).